The van der Waals surface area contributed by atoms with Crippen LogP contribution in [0.5, 0.6) is 0 Å². The molecule has 0 saturated heterocycles. The summed E-state index contributed by atoms with van der Waals surface area (Å²) < 4.78 is 13.6. The molecule has 1 aliphatic rings. The topological polar surface area (TPSA) is 15.3 Å². The third kappa shape index (κ3) is 2.67. The highest BCUT2D eigenvalue weighted by atomic mass is 19.1. The van der Waals surface area contributed by atoms with Crippen molar-refractivity contribution in [1.29, 1.82) is 0 Å². The second kappa shape index (κ2) is 5.61. The molecule has 0 aliphatic heterocycles. The first-order valence-corrected chi connectivity index (χ1v) is 6.36. The van der Waals surface area contributed by atoms with Crippen LogP contribution in [0.15, 0.2) is 18.2 Å². The van der Waals surface area contributed by atoms with E-state index in [0.717, 1.165) is 37.9 Å². The number of nitrogens with zero attached hydrogens (tertiary/aromatic N) is 1. The summed E-state index contributed by atoms with van der Waals surface area (Å²) in [6, 6.07) is 5.87. The second-order valence-corrected chi connectivity index (χ2v) is 4.80. The highest BCUT2D eigenvalue weighted by Gasteiger charge is 2.27. The Morgan fingerprint density at radius 3 is 3.06 bits per heavy atom. The van der Waals surface area contributed by atoms with E-state index in [1.54, 1.807) is 6.07 Å². The molecule has 2 nitrogen and oxygen atoms in total. The number of hydrogen-bond acceptors (Lipinski definition) is 2. The number of hydrogen-bond donors (Lipinski definition) is 1. The molecule has 0 radical (unpaired) electrons. The Hall–Kier alpha value is -0.930. The number of rotatable bonds is 5. The van der Waals surface area contributed by atoms with Crippen molar-refractivity contribution < 1.29 is 4.39 Å². The van der Waals surface area contributed by atoms with Crippen LogP contribution in [0.25, 0.3) is 0 Å². The number of fused-ring (bicyclic) bond motifs is 1. The molecule has 1 aliphatic carbocycles. The monoisotopic (exact) mass is 236 g/mol. The van der Waals surface area contributed by atoms with Crippen molar-refractivity contribution in [1.82, 2.24) is 10.2 Å². The third-order valence-corrected chi connectivity index (χ3v) is 3.65. The summed E-state index contributed by atoms with van der Waals surface area (Å²) in [5.41, 5.74) is 2.12. The highest BCUT2D eigenvalue weighted by molar-refractivity contribution is 5.35. The van der Waals surface area contributed by atoms with Crippen molar-refractivity contribution >= 4 is 0 Å². The maximum atomic E-state index is 13.6. The van der Waals surface area contributed by atoms with Gasteiger partial charge in [0.25, 0.3) is 0 Å². The molecule has 0 fully saturated rings. The lowest BCUT2D eigenvalue weighted by Crippen LogP contribution is -2.26. The Bertz CT molecular complexity index is 378. The van der Waals surface area contributed by atoms with Crippen LogP contribution in [0.3, 0.4) is 0 Å². The van der Waals surface area contributed by atoms with E-state index >= 15 is 0 Å². The fraction of sp³-hybridized carbons (Fsp3) is 0.571. The Labute approximate surface area is 103 Å². The summed E-state index contributed by atoms with van der Waals surface area (Å²) in [6.45, 7) is 2.09. The van der Waals surface area contributed by atoms with Gasteiger partial charge in [-0.25, -0.2) is 4.39 Å². The van der Waals surface area contributed by atoms with Crippen molar-refractivity contribution in [3.8, 4) is 0 Å². The average molecular weight is 236 g/mol. The lowest BCUT2D eigenvalue weighted by atomic mass is 10.1. The predicted molar refractivity (Wildman–Crippen MR) is 68.6 cm³/mol. The minimum absolute atomic E-state index is 0.0337. The number of halogens is 1. The zero-order valence-corrected chi connectivity index (χ0v) is 10.7. The van der Waals surface area contributed by atoms with Gasteiger partial charge < -0.3 is 5.32 Å². The molecule has 0 bridgehead atoms. The van der Waals surface area contributed by atoms with Gasteiger partial charge in [-0.05, 0) is 63.6 Å². The fourth-order valence-corrected chi connectivity index (χ4v) is 2.71. The van der Waals surface area contributed by atoms with Crippen molar-refractivity contribution in [3.63, 3.8) is 0 Å². The Balaban J connectivity index is 2.03. The van der Waals surface area contributed by atoms with Crippen LogP contribution in [0.4, 0.5) is 4.39 Å². The molecule has 0 saturated carbocycles. The van der Waals surface area contributed by atoms with Crippen molar-refractivity contribution in [2.24, 2.45) is 0 Å². The fourth-order valence-electron chi connectivity index (χ4n) is 2.71. The summed E-state index contributed by atoms with van der Waals surface area (Å²) in [6.07, 6.45) is 3.06. The molecule has 3 heteroatoms. The predicted octanol–water partition coefficient (Wildman–Crippen LogP) is 2.35. The molecule has 1 N–H and O–H groups in total. The zero-order chi connectivity index (χ0) is 12.3. The molecule has 1 aromatic rings. The molecular formula is C14H21FN2. The molecule has 1 unspecified atom stereocenters. The quantitative estimate of drug-likeness (QED) is 0.790. The van der Waals surface area contributed by atoms with Crippen LogP contribution in [0, 0.1) is 5.82 Å². The maximum Gasteiger partial charge on any atom is 0.126 e. The lowest BCUT2D eigenvalue weighted by molar-refractivity contribution is 0.241. The first-order valence-electron chi connectivity index (χ1n) is 6.36. The minimum atomic E-state index is -0.0337. The smallest absolute Gasteiger partial charge is 0.126 e. The molecule has 94 valence electrons. The van der Waals surface area contributed by atoms with E-state index in [-0.39, 0.29) is 5.82 Å². The van der Waals surface area contributed by atoms with Crippen molar-refractivity contribution in [2.75, 3.05) is 27.2 Å². The van der Waals surface area contributed by atoms with Gasteiger partial charge in [0.15, 0.2) is 0 Å². The van der Waals surface area contributed by atoms with E-state index in [9.17, 15) is 4.39 Å². The van der Waals surface area contributed by atoms with E-state index in [1.807, 2.05) is 13.1 Å². The lowest BCUT2D eigenvalue weighted by Gasteiger charge is -2.25. The van der Waals surface area contributed by atoms with E-state index in [0.29, 0.717) is 6.04 Å². The first-order chi connectivity index (χ1) is 8.24. The number of nitrogens with one attached hydrogen (secondary N) is 1. The largest absolute Gasteiger partial charge is 0.320 e. The van der Waals surface area contributed by atoms with Gasteiger partial charge >= 0.3 is 0 Å². The number of benzene rings is 1. The van der Waals surface area contributed by atoms with Crippen molar-refractivity contribution in [2.45, 2.75) is 25.3 Å². The average Bonchev–Trinajstić information content (AvgIpc) is 2.74. The minimum Gasteiger partial charge on any atom is -0.320 e. The summed E-state index contributed by atoms with van der Waals surface area (Å²) in [5.74, 6) is -0.0337. The normalized spacial score (nSPS) is 18.7. The van der Waals surface area contributed by atoms with Gasteiger partial charge in [0.05, 0.1) is 0 Å². The molecule has 0 spiro atoms. The molecule has 0 aromatic heterocycles. The van der Waals surface area contributed by atoms with E-state index < -0.39 is 0 Å². The Morgan fingerprint density at radius 1 is 1.47 bits per heavy atom. The van der Waals surface area contributed by atoms with Gasteiger partial charge in [-0.1, -0.05) is 12.1 Å². The van der Waals surface area contributed by atoms with E-state index in [2.05, 4.69) is 23.3 Å². The molecule has 0 amide bonds. The van der Waals surface area contributed by atoms with Crippen LogP contribution in [0.2, 0.25) is 0 Å². The first kappa shape index (κ1) is 12.5. The Kier molecular flexibility index (Phi) is 4.13. The van der Waals surface area contributed by atoms with Crippen LogP contribution in [0.1, 0.15) is 30.0 Å². The zero-order valence-electron chi connectivity index (χ0n) is 10.7. The maximum absolute atomic E-state index is 13.6. The van der Waals surface area contributed by atoms with Gasteiger partial charge in [0, 0.05) is 6.04 Å². The molecule has 0 heterocycles. The summed E-state index contributed by atoms with van der Waals surface area (Å²) in [7, 11) is 4.11. The van der Waals surface area contributed by atoms with Crippen LogP contribution in [-0.4, -0.2) is 32.1 Å². The third-order valence-electron chi connectivity index (χ3n) is 3.65. The summed E-state index contributed by atoms with van der Waals surface area (Å²) in [4.78, 5) is 2.35. The molecule has 1 atom stereocenters. The SMILES string of the molecule is CNCCCN(C)C1CCc2c(F)cccc21. The van der Waals surface area contributed by atoms with Crippen LogP contribution in [-0.2, 0) is 6.42 Å². The molecule has 2 rings (SSSR count). The van der Waals surface area contributed by atoms with Crippen LogP contribution >= 0.6 is 0 Å². The molecular weight excluding hydrogens is 215 g/mol. The summed E-state index contributed by atoms with van der Waals surface area (Å²) in [5, 5.41) is 3.16. The standard InChI is InChI=1S/C14H21FN2/c1-16-9-4-10-17(2)14-8-7-11-12(14)5-3-6-13(11)15/h3,5-6,14,16H,4,7-10H2,1-2H3. The van der Waals surface area contributed by atoms with Gasteiger partial charge in [-0.2, -0.15) is 0 Å². The van der Waals surface area contributed by atoms with Gasteiger partial charge in [-0.15, -0.1) is 0 Å². The van der Waals surface area contributed by atoms with Gasteiger partial charge in [0.1, 0.15) is 5.82 Å². The summed E-state index contributed by atoms with van der Waals surface area (Å²) >= 11 is 0. The second-order valence-electron chi connectivity index (χ2n) is 4.80. The molecule has 17 heavy (non-hydrogen) atoms. The molecule has 1 aromatic carbocycles. The van der Waals surface area contributed by atoms with E-state index in [1.165, 1.54) is 5.56 Å². The Morgan fingerprint density at radius 2 is 2.29 bits per heavy atom. The van der Waals surface area contributed by atoms with E-state index in [4.69, 9.17) is 0 Å². The van der Waals surface area contributed by atoms with Gasteiger partial charge in [-0.3, -0.25) is 4.90 Å². The van der Waals surface area contributed by atoms with Crippen molar-refractivity contribution in [3.05, 3.63) is 35.1 Å². The highest BCUT2D eigenvalue weighted by Crippen LogP contribution is 2.36. The van der Waals surface area contributed by atoms with Gasteiger partial charge in [0.2, 0.25) is 0 Å². The van der Waals surface area contributed by atoms with Crippen LogP contribution < -0.4 is 5.32 Å².